The number of hydrogen-bond acceptors (Lipinski definition) is 2. The van der Waals surface area contributed by atoms with Crippen LogP contribution in [0.3, 0.4) is 0 Å². The predicted octanol–water partition coefficient (Wildman–Crippen LogP) is 3.29. The summed E-state index contributed by atoms with van der Waals surface area (Å²) in [6, 6.07) is 14.3. The van der Waals surface area contributed by atoms with E-state index in [-0.39, 0.29) is 5.82 Å². The van der Waals surface area contributed by atoms with E-state index in [4.69, 9.17) is 0 Å². The van der Waals surface area contributed by atoms with Crippen molar-refractivity contribution in [3.8, 4) is 5.75 Å². The number of phenols is 1. The molecule has 2 aromatic rings. The smallest absolute Gasteiger partial charge is 0.123 e. The lowest BCUT2D eigenvalue weighted by Crippen LogP contribution is -2.30. The van der Waals surface area contributed by atoms with Gasteiger partial charge in [-0.3, -0.25) is 0 Å². The Kier molecular flexibility index (Phi) is 5.13. The molecule has 0 fully saturated rings. The normalized spacial score (nSPS) is 12.3. The van der Waals surface area contributed by atoms with Gasteiger partial charge in [0.25, 0.3) is 0 Å². The fourth-order valence-electron chi connectivity index (χ4n) is 2.22. The summed E-state index contributed by atoms with van der Waals surface area (Å²) >= 11 is 0. The highest BCUT2D eigenvalue weighted by Gasteiger charge is 2.04. The van der Waals surface area contributed by atoms with Gasteiger partial charge in [-0.2, -0.15) is 0 Å². The Balaban J connectivity index is 1.75. The van der Waals surface area contributed by atoms with Crippen LogP contribution in [0.15, 0.2) is 48.5 Å². The molecule has 0 spiro atoms. The van der Waals surface area contributed by atoms with Crippen molar-refractivity contribution >= 4 is 0 Å². The Hall–Kier alpha value is -1.87. The minimum Gasteiger partial charge on any atom is -0.508 e. The van der Waals surface area contributed by atoms with Crippen LogP contribution < -0.4 is 5.32 Å². The van der Waals surface area contributed by atoms with Gasteiger partial charge < -0.3 is 10.4 Å². The molecule has 0 aliphatic carbocycles. The second kappa shape index (κ2) is 7.06. The zero-order valence-corrected chi connectivity index (χ0v) is 11.6. The molecule has 3 heteroatoms. The average Bonchev–Trinajstić information content (AvgIpc) is 2.41. The van der Waals surface area contributed by atoms with Gasteiger partial charge in [-0.25, -0.2) is 4.39 Å². The zero-order valence-electron chi connectivity index (χ0n) is 11.6. The van der Waals surface area contributed by atoms with E-state index in [0.717, 1.165) is 24.9 Å². The molecule has 2 aromatic carbocycles. The molecule has 0 saturated heterocycles. The van der Waals surface area contributed by atoms with Gasteiger partial charge in [0.2, 0.25) is 0 Å². The first-order valence-electron chi connectivity index (χ1n) is 6.89. The van der Waals surface area contributed by atoms with Gasteiger partial charge in [-0.05, 0) is 61.7 Å². The summed E-state index contributed by atoms with van der Waals surface area (Å²) in [7, 11) is 0. The van der Waals surface area contributed by atoms with Crippen LogP contribution in [0.1, 0.15) is 18.1 Å². The van der Waals surface area contributed by atoms with Crippen LogP contribution in [0.25, 0.3) is 0 Å². The summed E-state index contributed by atoms with van der Waals surface area (Å²) in [5.41, 5.74) is 2.20. The number of rotatable bonds is 6. The first-order valence-corrected chi connectivity index (χ1v) is 6.89. The molecule has 20 heavy (non-hydrogen) atoms. The Morgan fingerprint density at radius 2 is 1.85 bits per heavy atom. The van der Waals surface area contributed by atoms with Crippen molar-refractivity contribution in [1.82, 2.24) is 5.32 Å². The fourth-order valence-corrected chi connectivity index (χ4v) is 2.22. The van der Waals surface area contributed by atoms with Crippen LogP contribution in [-0.4, -0.2) is 17.7 Å². The maximum absolute atomic E-state index is 13.1. The first-order chi connectivity index (χ1) is 9.63. The number of phenolic OH excluding ortho intramolecular Hbond substituents is 1. The SMILES string of the molecule is CC(Cc1cccc(F)c1)NCCc1ccc(O)cc1. The molecule has 0 aliphatic rings. The summed E-state index contributed by atoms with van der Waals surface area (Å²) in [5.74, 6) is 0.111. The average molecular weight is 273 g/mol. The molecular formula is C17H20FNO. The molecular weight excluding hydrogens is 253 g/mol. The minimum absolute atomic E-state index is 0.182. The van der Waals surface area contributed by atoms with E-state index < -0.39 is 0 Å². The third-order valence-electron chi connectivity index (χ3n) is 3.27. The van der Waals surface area contributed by atoms with Gasteiger partial charge in [-0.1, -0.05) is 24.3 Å². The van der Waals surface area contributed by atoms with E-state index >= 15 is 0 Å². The lowest BCUT2D eigenvalue weighted by molar-refractivity contribution is 0.475. The summed E-state index contributed by atoms with van der Waals surface area (Å²) in [6.07, 6.45) is 1.72. The lowest BCUT2D eigenvalue weighted by atomic mass is 10.1. The molecule has 0 heterocycles. The van der Waals surface area contributed by atoms with E-state index in [1.165, 1.54) is 11.6 Å². The van der Waals surface area contributed by atoms with Crippen LogP contribution in [-0.2, 0) is 12.8 Å². The number of hydrogen-bond donors (Lipinski definition) is 2. The number of aromatic hydroxyl groups is 1. The summed E-state index contributed by atoms with van der Waals surface area (Å²) in [6.45, 7) is 2.96. The van der Waals surface area contributed by atoms with E-state index in [2.05, 4.69) is 12.2 Å². The van der Waals surface area contributed by atoms with Gasteiger partial charge in [0.05, 0.1) is 0 Å². The monoisotopic (exact) mass is 273 g/mol. The Morgan fingerprint density at radius 3 is 2.55 bits per heavy atom. The van der Waals surface area contributed by atoms with Crippen molar-refractivity contribution in [2.75, 3.05) is 6.54 Å². The molecule has 1 unspecified atom stereocenters. The summed E-state index contributed by atoms with van der Waals surface area (Å²) in [4.78, 5) is 0. The predicted molar refractivity (Wildman–Crippen MR) is 79.4 cm³/mol. The fraction of sp³-hybridized carbons (Fsp3) is 0.294. The standard InChI is InChI=1S/C17H20FNO/c1-13(11-15-3-2-4-16(18)12-15)19-10-9-14-5-7-17(20)8-6-14/h2-8,12-13,19-20H,9-11H2,1H3. The third kappa shape index (κ3) is 4.67. The van der Waals surface area contributed by atoms with Crippen LogP contribution in [0, 0.1) is 5.82 Å². The molecule has 0 aromatic heterocycles. The molecule has 1 atom stereocenters. The molecule has 0 radical (unpaired) electrons. The minimum atomic E-state index is -0.182. The Labute approximate surface area is 119 Å². The summed E-state index contributed by atoms with van der Waals surface area (Å²) < 4.78 is 13.1. The van der Waals surface area contributed by atoms with Crippen molar-refractivity contribution < 1.29 is 9.50 Å². The molecule has 2 N–H and O–H groups in total. The van der Waals surface area contributed by atoms with Crippen molar-refractivity contribution in [1.29, 1.82) is 0 Å². The van der Waals surface area contributed by atoms with Crippen LogP contribution in [0.5, 0.6) is 5.75 Å². The third-order valence-corrected chi connectivity index (χ3v) is 3.27. The largest absolute Gasteiger partial charge is 0.508 e. The van der Waals surface area contributed by atoms with E-state index in [1.807, 2.05) is 18.2 Å². The van der Waals surface area contributed by atoms with Gasteiger partial charge in [0, 0.05) is 6.04 Å². The highest BCUT2D eigenvalue weighted by atomic mass is 19.1. The van der Waals surface area contributed by atoms with Crippen LogP contribution >= 0.6 is 0 Å². The van der Waals surface area contributed by atoms with Crippen LogP contribution in [0.2, 0.25) is 0 Å². The quantitative estimate of drug-likeness (QED) is 0.846. The highest BCUT2D eigenvalue weighted by molar-refractivity contribution is 5.26. The Bertz CT molecular complexity index is 539. The lowest BCUT2D eigenvalue weighted by Gasteiger charge is -2.14. The maximum Gasteiger partial charge on any atom is 0.123 e. The topological polar surface area (TPSA) is 32.3 Å². The van der Waals surface area contributed by atoms with Crippen LogP contribution in [0.4, 0.5) is 4.39 Å². The highest BCUT2D eigenvalue weighted by Crippen LogP contribution is 2.10. The van der Waals surface area contributed by atoms with E-state index in [1.54, 1.807) is 24.3 Å². The van der Waals surface area contributed by atoms with Gasteiger partial charge >= 0.3 is 0 Å². The Morgan fingerprint density at radius 1 is 1.10 bits per heavy atom. The number of nitrogens with one attached hydrogen (secondary N) is 1. The zero-order chi connectivity index (χ0) is 14.4. The molecule has 0 bridgehead atoms. The van der Waals surface area contributed by atoms with Gasteiger partial charge in [0.15, 0.2) is 0 Å². The number of halogens is 1. The second-order valence-corrected chi connectivity index (χ2v) is 5.11. The molecule has 0 aliphatic heterocycles. The first kappa shape index (κ1) is 14.5. The van der Waals surface area contributed by atoms with Crippen molar-refractivity contribution in [2.24, 2.45) is 0 Å². The maximum atomic E-state index is 13.1. The number of benzene rings is 2. The van der Waals surface area contributed by atoms with Gasteiger partial charge in [0.1, 0.15) is 11.6 Å². The van der Waals surface area contributed by atoms with Crippen molar-refractivity contribution in [3.05, 3.63) is 65.5 Å². The van der Waals surface area contributed by atoms with Crippen molar-refractivity contribution in [3.63, 3.8) is 0 Å². The molecule has 0 saturated carbocycles. The molecule has 2 nitrogen and oxygen atoms in total. The second-order valence-electron chi connectivity index (χ2n) is 5.11. The molecule has 0 amide bonds. The van der Waals surface area contributed by atoms with E-state index in [9.17, 15) is 9.50 Å². The molecule has 106 valence electrons. The molecule has 2 rings (SSSR count). The summed E-state index contributed by atoms with van der Waals surface area (Å²) in [5, 5.41) is 12.6. The van der Waals surface area contributed by atoms with Gasteiger partial charge in [-0.15, -0.1) is 0 Å². The van der Waals surface area contributed by atoms with Crippen molar-refractivity contribution in [2.45, 2.75) is 25.8 Å². The van der Waals surface area contributed by atoms with E-state index in [0.29, 0.717) is 11.8 Å².